The van der Waals surface area contributed by atoms with Crippen LogP contribution in [-0.2, 0) is 35.2 Å². The second-order valence-corrected chi connectivity index (χ2v) is 9.73. The number of nitrogens with one attached hydrogen (secondary N) is 2. The predicted octanol–water partition coefficient (Wildman–Crippen LogP) is 4.55. The number of allylic oxidation sites excluding steroid dienone is 1. The molecule has 4 rings (SSSR count). The molecule has 43 heavy (non-hydrogen) atoms. The minimum absolute atomic E-state index is 0.0549. The van der Waals surface area contributed by atoms with Gasteiger partial charge in [-0.05, 0) is 80.9 Å². The zero-order valence-electron chi connectivity index (χ0n) is 23.8. The second-order valence-electron chi connectivity index (χ2n) is 9.32. The first-order valence-electron chi connectivity index (χ1n) is 13.1. The highest BCUT2D eigenvalue weighted by Crippen LogP contribution is 2.37. The zero-order valence-corrected chi connectivity index (χ0v) is 24.5. The first kappa shape index (κ1) is 30.8. The van der Waals surface area contributed by atoms with Crippen molar-refractivity contribution in [3.8, 4) is 0 Å². The highest BCUT2D eigenvalue weighted by molar-refractivity contribution is 6.39. The number of aryl methyl sites for hydroxylation is 1. The molecule has 12 heteroatoms. The minimum atomic E-state index is -0.922. The zero-order chi connectivity index (χ0) is 31.3. The molecule has 0 fully saturated rings. The predicted molar refractivity (Wildman–Crippen MR) is 158 cm³/mol. The summed E-state index contributed by atoms with van der Waals surface area (Å²) in [6.07, 6.45) is 1.41. The molecule has 222 valence electrons. The van der Waals surface area contributed by atoms with Gasteiger partial charge >= 0.3 is 23.8 Å². The highest BCUT2D eigenvalue weighted by Gasteiger charge is 2.38. The Bertz CT molecular complexity index is 1670. The number of furan rings is 1. The Hall–Kier alpha value is -5.16. The van der Waals surface area contributed by atoms with Gasteiger partial charge in [0.1, 0.15) is 11.5 Å². The Kier molecular flexibility index (Phi) is 9.46. The van der Waals surface area contributed by atoms with E-state index in [1.165, 1.54) is 42.4 Å². The number of rotatable bonds is 8. The number of methoxy groups -OCH3 is 1. The number of carbonyl (C=O) groups is 5. The number of benzene rings is 2. The molecule has 3 aromatic rings. The van der Waals surface area contributed by atoms with Gasteiger partial charge < -0.3 is 24.5 Å². The van der Waals surface area contributed by atoms with Crippen molar-refractivity contribution in [1.29, 1.82) is 0 Å². The number of nitrogens with zero attached hydrogens (tertiary/aromatic N) is 1. The van der Waals surface area contributed by atoms with Crippen LogP contribution in [0.1, 0.15) is 41.3 Å². The maximum Gasteiger partial charge on any atom is 0.340 e. The number of amides is 3. The molecule has 1 aliphatic rings. The third kappa shape index (κ3) is 6.84. The molecule has 0 atom stereocenters. The first-order valence-corrected chi connectivity index (χ1v) is 13.5. The summed E-state index contributed by atoms with van der Waals surface area (Å²) in [5, 5.41) is 5.36. The first-order chi connectivity index (χ1) is 20.5. The van der Waals surface area contributed by atoms with E-state index >= 15 is 0 Å². The van der Waals surface area contributed by atoms with Crippen LogP contribution in [0, 0.1) is 6.92 Å². The van der Waals surface area contributed by atoms with Crippen LogP contribution >= 0.6 is 11.6 Å². The number of halogens is 1. The van der Waals surface area contributed by atoms with E-state index in [1.807, 2.05) is 6.92 Å². The summed E-state index contributed by atoms with van der Waals surface area (Å²) in [5.74, 6) is -2.99. The molecule has 2 heterocycles. The van der Waals surface area contributed by atoms with Crippen molar-refractivity contribution in [3.63, 3.8) is 0 Å². The van der Waals surface area contributed by atoms with Crippen LogP contribution in [0.3, 0.4) is 0 Å². The van der Waals surface area contributed by atoms with E-state index in [-0.39, 0.29) is 30.1 Å². The Morgan fingerprint density at radius 1 is 0.977 bits per heavy atom. The van der Waals surface area contributed by atoms with E-state index in [1.54, 1.807) is 44.2 Å². The molecule has 0 spiro atoms. The van der Waals surface area contributed by atoms with Crippen molar-refractivity contribution in [1.82, 2.24) is 5.32 Å². The van der Waals surface area contributed by atoms with Crippen molar-refractivity contribution < 1.29 is 37.9 Å². The minimum Gasteiger partial charge on any atom is -0.465 e. The van der Waals surface area contributed by atoms with E-state index < -0.39 is 29.7 Å². The van der Waals surface area contributed by atoms with Gasteiger partial charge in [-0.25, -0.2) is 9.59 Å². The van der Waals surface area contributed by atoms with Crippen molar-refractivity contribution in [2.75, 3.05) is 23.9 Å². The van der Waals surface area contributed by atoms with Gasteiger partial charge in [0, 0.05) is 16.4 Å². The van der Waals surface area contributed by atoms with E-state index in [0.29, 0.717) is 33.4 Å². The number of hydrogen-bond donors (Lipinski definition) is 2. The molecule has 1 aromatic heterocycles. The van der Waals surface area contributed by atoms with E-state index in [0.717, 1.165) is 5.56 Å². The second kappa shape index (κ2) is 13.2. The molecule has 3 amide bonds. The molecule has 11 nitrogen and oxygen atoms in total. The molecule has 0 aliphatic carbocycles. The third-order valence-electron chi connectivity index (χ3n) is 6.46. The standard InChI is InChI=1S/C31H28ClN3O8/c1-5-42-30(39)19-7-9-20(10-8-19)34-28(37)27(36)33-16-23-13-12-22(43-23)15-24-26(31(40)41-4)18(3)35(29(24)38)21-11-6-17(2)25(32)14-21/h6-15H,5,16H2,1-4H3,(H,33,36)(H,34,37)/b24-15+. The Morgan fingerprint density at radius 3 is 2.35 bits per heavy atom. The lowest BCUT2D eigenvalue weighted by Gasteiger charge is -2.18. The van der Waals surface area contributed by atoms with Crippen LogP contribution in [0.15, 0.2) is 75.9 Å². The van der Waals surface area contributed by atoms with Crippen LogP contribution in [0.2, 0.25) is 5.02 Å². The van der Waals surface area contributed by atoms with Crippen LogP contribution in [-0.4, -0.2) is 43.4 Å². The average molecular weight is 606 g/mol. The van der Waals surface area contributed by atoms with E-state index in [4.69, 9.17) is 25.5 Å². The number of esters is 2. The summed E-state index contributed by atoms with van der Waals surface area (Å²) in [7, 11) is 1.22. The normalized spacial score (nSPS) is 13.7. The lowest BCUT2D eigenvalue weighted by molar-refractivity contribution is -0.136. The molecule has 1 aliphatic heterocycles. The number of carbonyl (C=O) groups excluding carboxylic acids is 5. The highest BCUT2D eigenvalue weighted by atomic mass is 35.5. The van der Waals surface area contributed by atoms with Crippen molar-refractivity contribution in [2.24, 2.45) is 0 Å². The summed E-state index contributed by atoms with van der Waals surface area (Å²) < 4.78 is 15.6. The molecule has 0 saturated carbocycles. The Morgan fingerprint density at radius 2 is 1.70 bits per heavy atom. The summed E-state index contributed by atoms with van der Waals surface area (Å²) in [5.41, 5.74) is 2.43. The van der Waals surface area contributed by atoms with Gasteiger partial charge in [0.25, 0.3) is 5.91 Å². The molecule has 0 radical (unpaired) electrons. The number of ether oxygens (including phenoxy) is 2. The third-order valence-corrected chi connectivity index (χ3v) is 6.86. The fourth-order valence-electron chi connectivity index (χ4n) is 4.26. The van der Waals surface area contributed by atoms with Crippen LogP contribution < -0.4 is 15.5 Å². The van der Waals surface area contributed by atoms with Gasteiger partial charge in [-0.15, -0.1) is 0 Å². The summed E-state index contributed by atoms with van der Waals surface area (Å²) >= 11 is 6.27. The van der Waals surface area contributed by atoms with E-state index in [2.05, 4.69) is 10.6 Å². The molecular formula is C31H28ClN3O8. The van der Waals surface area contributed by atoms with Gasteiger partial charge in [0.05, 0.1) is 42.7 Å². The molecular weight excluding hydrogens is 578 g/mol. The van der Waals surface area contributed by atoms with Gasteiger partial charge in [-0.3, -0.25) is 19.3 Å². The lowest BCUT2D eigenvalue weighted by Crippen LogP contribution is -2.34. The quantitative estimate of drug-likeness (QED) is 0.216. The lowest BCUT2D eigenvalue weighted by atomic mass is 10.1. The average Bonchev–Trinajstić information content (AvgIpc) is 3.54. The Labute approximate surface area is 252 Å². The molecule has 2 aromatic carbocycles. The Balaban J connectivity index is 1.44. The molecule has 2 N–H and O–H groups in total. The SMILES string of the molecule is CCOC(=O)c1ccc(NC(=O)C(=O)NCc2ccc(/C=C3/C(=O)N(c4ccc(C)c(Cl)c4)C(C)=C3C(=O)OC)o2)cc1. The summed E-state index contributed by atoms with van der Waals surface area (Å²) in [6.45, 7) is 5.26. The maximum atomic E-state index is 13.5. The fourth-order valence-corrected chi connectivity index (χ4v) is 4.44. The van der Waals surface area contributed by atoms with Crippen LogP contribution in [0.25, 0.3) is 6.08 Å². The van der Waals surface area contributed by atoms with Gasteiger partial charge in [-0.2, -0.15) is 0 Å². The van der Waals surface area contributed by atoms with Crippen molar-refractivity contribution in [3.05, 3.63) is 99.1 Å². The molecule has 0 bridgehead atoms. The summed E-state index contributed by atoms with van der Waals surface area (Å²) in [4.78, 5) is 63.9. The number of anilines is 2. The monoisotopic (exact) mass is 605 g/mol. The topological polar surface area (TPSA) is 144 Å². The van der Waals surface area contributed by atoms with Crippen LogP contribution in [0.5, 0.6) is 0 Å². The smallest absolute Gasteiger partial charge is 0.340 e. The van der Waals surface area contributed by atoms with Gasteiger partial charge in [0.2, 0.25) is 0 Å². The summed E-state index contributed by atoms with van der Waals surface area (Å²) in [6, 6.07) is 14.1. The molecule has 0 saturated heterocycles. The largest absolute Gasteiger partial charge is 0.465 e. The van der Waals surface area contributed by atoms with Gasteiger partial charge in [0.15, 0.2) is 0 Å². The number of hydrogen-bond acceptors (Lipinski definition) is 8. The van der Waals surface area contributed by atoms with Crippen molar-refractivity contribution in [2.45, 2.75) is 27.3 Å². The maximum absolute atomic E-state index is 13.5. The van der Waals surface area contributed by atoms with Crippen molar-refractivity contribution >= 4 is 58.7 Å². The molecule has 0 unspecified atom stereocenters. The van der Waals surface area contributed by atoms with Crippen LogP contribution in [0.4, 0.5) is 11.4 Å². The van der Waals surface area contributed by atoms with Gasteiger partial charge in [-0.1, -0.05) is 17.7 Å². The van der Waals surface area contributed by atoms with E-state index in [9.17, 15) is 24.0 Å². The fraction of sp³-hybridized carbons (Fsp3) is 0.194.